The van der Waals surface area contributed by atoms with E-state index in [1.807, 2.05) is 0 Å². The van der Waals surface area contributed by atoms with Gasteiger partial charge in [-0.1, -0.05) is 24.3 Å². The maximum absolute atomic E-state index is 12.3. The molecule has 2 N–H and O–H groups in total. The highest BCUT2D eigenvalue weighted by Crippen LogP contribution is 2.16. The summed E-state index contributed by atoms with van der Waals surface area (Å²) in [5, 5.41) is 2.47. The average Bonchev–Trinajstić information content (AvgIpc) is 2.65. The topological polar surface area (TPSA) is 102 Å². The molecule has 0 saturated carbocycles. The zero-order valence-electron chi connectivity index (χ0n) is 13.8. The van der Waals surface area contributed by atoms with Crippen molar-refractivity contribution < 1.29 is 22.7 Å². The number of nitrogens with one attached hydrogen (secondary N) is 2. The number of anilines is 1. The molecule has 0 aliphatic heterocycles. The predicted molar refractivity (Wildman–Crippen MR) is 97.2 cm³/mol. The maximum Gasteiger partial charge on any atom is 0.338 e. The number of hydrogen-bond acceptors (Lipinski definition) is 5. The molecule has 0 atom stereocenters. The van der Waals surface area contributed by atoms with Crippen LogP contribution < -0.4 is 10.0 Å². The molecule has 0 heterocycles. The Morgan fingerprint density at radius 3 is 2.31 bits per heavy atom. The van der Waals surface area contributed by atoms with Crippen molar-refractivity contribution in [2.75, 3.05) is 17.9 Å². The van der Waals surface area contributed by atoms with Crippen LogP contribution >= 0.6 is 0 Å². The van der Waals surface area contributed by atoms with Crippen molar-refractivity contribution in [2.45, 2.75) is 4.90 Å². The van der Waals surface area contributed by atoms with Crippen molar-refractivity contribution in [1.29, 1.82) is 0 Å². The molecule has 0 bridgehead atoms. The van der Waals surface area contributed by atoms with Crippen LogP contribution in [0.3, 0.4) is 0 Å². The minimum Gasteiger partial charge on any atom is -0.452 e. The first-order chi connectivity index (χ1) is 12.4. The summed E-state index contributed by atoms with van der Waals surface area (Å²) < 4.78 is 31.9. The Balaban J connectivity index is 1.99. The summed E-state index contributed by atoms with van der Waals surface area (Å²) in [5.74, 6) is -1.18. The van der Waals surface area contributed by atoms with Crippen LogP contribution in [0.4, 0.5) is 5.69 Å². The molecule has 0 aromatic heterocycles. The number of hydrogen-bond donors (Lipinski definition) is 2. The van der Waals surface area contributed by atoms with Gasteiger partial charge in [0, 0.05) is 12.2 Å². The first kappa shape index (κ1) is 19.2. The molecule has 7 nitrogen and oxygen atoms in total. The maximum atomic E-state index is 12.3. The molecule has 0 aliphatic rings. The Labute approximate surface area is 151 Å². The number of amides is 1. The van der Waals surface area contributed by atoms with Crippen LogP contribution in [-0.2, 0) is 19.6 Å². The Bertz CT molecular complexity index is 878. The second-order valence-corrected chi connectivity index (χ2v) is 6.85. The van der Waals surface area contributed by atoms with Gasteiger partial charge < -0.3 is 10.1 Å². The largest absolute Gasteiger partial charge is 0.452 e. The molecule has 0 fully saturated rings. The summed E-state index contributed by atoms with van der Waals surface area (Å²) >= 11 is 0. The summed E-state index contributed by atoms with van der Waals surface area (Å²) in [4.78, 5) is 23.3. The quantitative estimate of drug-likeness (QED) is 0.543. The van der Waals surface area contributed by atoms with Crippen LogP contribution in [0.2, 0.25) is 0 Å². The summed E-state index contributed by atoms with van der Waals surface area (Å²) in [6, 6.07) is 13.7. The minimum atomic E-state index is -3.77. The van der Waals surface area contributed by atoms with Gasteiger partial charge >= 0.3 is 5.97 Å². The number of sulfonamides is 1. The highest BCUT2D eigenvalue weighted by atomic mass is 32.2. The second-order valence-electron chi connectivity index (χ2n) is 5.16. The third-order valence-electron chi connectivity index (χ3n) is 3.20. The van der Waals surface area contributed by atoms with Gasteiger partial charge in [0.25, 0.3) is 15.9 Å². The minimum absolute atomic E-state index is 0.00151. The van der Waals surface area contributed by atoms with Crippen molar-refractivity contribution in [3.8, 4) is 0 Å². The molecule has 1 amide bonds. The van der Waals surface area contributed by atoms with Gasteiger partial charge in [-0.25, -0.2) is 13.2 Å². The van der Waals surface area contributed by atoms with Gasteiger partial charge in [-0.05, 0) is 36.4 Å². The second kappa shape index (κ2) is 8.82. The fraction of sp³-hybridized carbons (Fsp3) is 0.111. The van der Waals surface area contributed by atoms with Gasteiger partial charge in [0.2, 0.25) is 0 Å². The average molecular weight is 374 g/mol. The van der Waals surface area contributed by atoms with Gasteiger partial charge in [0.05, 0.1) is 10.5 Å². The van der Waals surface area contributed by atoms with Crippen molar-refractivity contribution in [3.05, 3.63) is 72.8 Å². The molecule has 0 spiro atoms. The van der Waals surface area contributed by atoms with Crippen LogP contribution in [0.25, 0.3) is 0 Å². The number of para-hydroxylation sites is 1. The predicted octanol–water partition coefficient (Wildman–Crippen LogP) is 1.95. The SMILES string of the molecule is C=CCNC(=O)COC(=O)c1ccc(S(=O)(=O)Nc2ccccc2)cc1. The first-order valence-corrected chi connectivity index (χ1v) is 9.13. The third kappa shape index (κ3) is 5.45. The summed E-state index contributed by atoms with van der Waals surface area (Å²) in [6.45, 7) is 3.30. The lowest BCUT2D eigenvalue weighted by atomic mass is 10.2. The smallest absolute Gasteiger partial charge is 0.338 e. The van der Waals surface area contributed by atoms with Crippen LogP contribution in [0.15, 0.2) is 72.1 Å². The Morgan fingerprint density at radius 1 is 1.04 bits per heavy atom. The van der Waals surface area contributed by atoms with E-state index in [1.165, 1.54) is 30.3 Å². The number of carbonyl (C=O) groups excluding carboxylic acids is 2. The normalized spacial score (nSPS) is 10.6. The molecule has 2 aromatic rings. The third-order valence-corrected chi connectivity index (χ3v) is 4.60. The molecule has 26 heavy (non-hydrogen) atoms. The van der Waals surface area contributed by atoms with Crippen molar-refractivity contribution in [3.63, 3.8) is 0 Å². The fourth-order valence-corrected chi connectivity index (χ4v) is 3.00. The first-order valence-electron chi connectivity index (χ1n) is 7.65. The lowest BCUT2D eigenvalue weighted by Gasteiger charge is -2.09. The molecule has 0 saturated heterocycles. The molecule has 0 unspecified atom stereocenters. The molecule has 136 valence electrons. The van der Waals surface area contributed by atoms with E-state index in [2.05, 4.69) is 16.6 Å². The Hall–Kier alpha value is -3.13. The zero-order valence-corrected chi connectivity index (χ0v) is 14.7. The lowest BCUT2D eigenvalue weighted by molar-refractivity contribution is -0.124. The highest BCUT2D eigenvalue weighted by Gasteiger charge is 2.16. The van der Waals surface area contributed by atoms with Crippen LogP contribution in [0, 0.1) is 0 Å². The standard InChI is InChI=1S/C18H18N2O5S/c1-2-12-19-17(21)13-25-18(22)14-8-10-16(11-9-14)26(23,24)20-15-6-4-3-5-7-15/h2-11,20H,1,12-13H2,(H,19,21). The van der Waals surface area contributed by atoms with Crippen molar-refractivity contribution in [1.82, 2.24) is 5.32 Å². The van der Waals surface area contributed by atoms with Crippen LogP contribution in [-0.4, -0.2) is 33.4 Å². The number of benzene rings is 2. The van der Waals surface area contributed by atoms with E-state index < -0.39 is 28.5 Å². The number of carbonyl (C=O) groups is 2. The van der Waals surface area contributed by atoms with Gasteiger partial charge in [0.1, 0.15) is 0 Å². The monoisotopic (exact) mass is 374 g/mol. The summed E-state index contributed by atoms with van der Waals surface area (Å²) in [7, 11) is -3.77. The molecular formula is C18H18N2O5S. The van der Waals surface area contributed by atoms with Crippen LogP contribution in [0.1, 0.15) is 10.4 Å². The summed E-state index contributed by atoms with van der Waals surface area (Å²) in [5.41, 5.74) is 0.571. The molecule has 8 heteroatoms. The highest BCUT2D eigenvalue weighted by molar-refractivity contribution is 7.92. The molecule has 0 radical (unpaired) electrons. The van der Waals surface area contributed by atoms with Gasteiger partial charge in [-0.2, -0.15) is 0 Å². The van der Waals surface area contributed by atoms with E-state index in [1.54, 1.807) is 30.3 Å². The van der Waals surface area contributed by atoms with Gasteiger partial charge in [-0.15, -0.1) is 6.58 Å². The van der Waals surface area contributed by atoms with Crippen molar-refractivity contribution in [2.24, 2.45) is 0 Å². The van der Waals surface area contributed by atoms with E-state index in [0.29, 0.717) is 5.69 Å². The molecule has 2 rings (SSSR count). The number of rotatable bonds is 8. The number of ether oxygens (including phenoxy) is 1. The lowest BCUT2D eigenvalue weighted by Crippen LogP contribution is -2.28. The van der Waals surface area contributed by atoms with E-state index in [-0.39, 0.29) is 17.0 Å². The summed E-state index contributed by atoms with van der Waals surface area (Å²) in [6.07, 6.45) is 1.50. The van der Waals surface area contributed by atoms with E-state index in [0.717, 1.165) is 0 Å². The van der Waals surface area contributed by atoms with Gasteiger partial charge in [-0.3, -0.25) is 9.52 Å². The Kier molecular flexibility index (Phi) is 6.51. The fourth-order valence-electron chi connectivity index (χ4n) is 1.94. The number of esters is 1. The van der Waals surface area contributed by atoms with Gasteiger partial charge in [0.15, 0.2) is 6.61 Å². The van der Waals surface area contributed by atoms with Crippen LogP contribution in [0.5, 0.6) is 0 Å². The zero-order chi connectivity index (χ0) is 19.0. The molecule has 2 aromatic carbocycles. The van der Waals surface area contributed by atoms with E-state index in [9.17, 15) is 18.0 Å². The molecule has 0 aliphatic carbocycles. The van der Waals surface area contributed by atoms with E-state index in [4.69, 9.17) is 4.74 Å². The van der Waals surface area contributed by atoms with Crippen molar-refractivity contribution >= 4 is 27.6 Å². The molecular weight excluding hydrogens is 356 g/mol. The Morgan fingerprint density at radius 2 is 1.69 bits per heavy atom. The van der Waals surface area contributed by atoms with E-state index >= 15 is 0 Å².